The van der Waals surface area contributed by atoms with Gasteiger partial charge in [-0.05, 0) is 38.1 Å². The van der Waals surface area contributed by atoms with Gasteiger partial charge in [0.2, 0.25) is 5.91 Å². The lowest BCUT2D eigenvalue weighted by Gasteiger charge is -2.23. The van der Waals surface area contributed by atoms with Crippen molar-refractivity contribution in [2.45, 2.75) is 25.3 Å². The fraction of sp³-hybridized carbons (Fsp3) is 0.929. The van der Waals surface area contributed by atoms with Gasteiger partial charge < -0.3 is 20.3 Å². The van der Waals surface area contributed by atoms with E-state index in [1.165, 1.54) is 19.4 Å². The summed E-state index contributed by atoms with van der Waals surface area (Å²) in [7, 11) is 3.77. The number of nitrogens with two attached hydrogens (primary N) is 1. The van der Waals surface area contributed by atoms with Gasteiger partial charge in [0.05, 0.1) is 6.61 Å². The summed E-state index contributed by atoms with van der Waals surface area (Å²) < 4.78 is 4.95. The first-order chi connectivity index (χ1) is 9.10. The van der Waals surface area contributed by atoms with Gasteiger partial charge in [0.1, 0.15) is 6.04 Å². The highest BCUT2D eigenvalue weighted by Gasteiger charge is 2.30. The SMILES string of the molecule is COCC(N)C(=O)N1CCC(CN(C)CC2CC2)C1. The zero-order chi connectivity index (χ0) is 13.8. The molecule has 2 unspecified atom stereocenters. The number of rotatable bonds is 7. The van der Waals surface area contributed by atoms with Crippen LogP contribution in [0.1, 0.15) is 19.3 Å². The molecule has 0 spiro atoms. The quantitative estimate of drug-likeness (QED) is 0.715. The Labute approximate surface area is 116 Å². The lowest BCUT2D eigenvalue weighted by molar-refractivity contribution is -0.132. The number of amides is 1. The third-order valence-corrected chi connectivity index (χ3v) is 4.10. The average molecular weight is 269 g/mol. The van der Waals surface area contributed by atoms with Crippen LogP contribution in [0.25, 0.3) is 0 Å². The van der Waals surface area contributed by atoms with Crippen LogP contribution >= 0.6 is 0 Å². The molecule has 1 saturated carbocycles. The molecule has 5 nitrogen and oxygen atoms in total. The zero-order valence-corrected chi connectivity index (χ0v) is 12.2. The number of carbonyl (C=O) groups is 1. The molecule has 2 aliphatic rings. The van der Waals surface area contributed by atoms with E-state index in [1.807, 2.05) is 4.90 Å². The van der Waals surface area contributed by atoms with E-state index in [0.29, 0.717) is 12.5 Å². The number of nitrogens with zero attached hydrogens (tertiary/aromatic N) is 2. The van der Waals surface area contributed by atoms with Gasteiger partial charge in [0.25, 0.3) is 0 Å². The molecule has 1 saturated heterocycles. The summed E-state index contributed by atoms with van der Waals surface area (Å²) in [5.74, 6) is 1.57. The Balaban J connectivity index is 1.70. The van der Waals surface area contributed by atoms with Crippen LogP contribution in [0.3, 0.4) is 0 Å². The number of methoxy groups -OCH3 is 1. The van der Waals surface area contributed by atoms with Crippen LogP contribution in [0.2, 0.25) is 0 Å². The molecule has 0 aromatic heterocycles. The maximum Gasteiger partial charge on any atom is 0.241 e. The second-order valence-electron chi connectivity index (χ2n) is 6.17. The summed E-state index contributed by atoms with van der Waals surface area (Å²) in [5.41, 5.74) is 5.80. The number of hydrogen-bond acceptors (Lipinski definition) is 4. The Bertz CT molecular complexity index is 307. The third-order valence-electron chi connectivity index (χ3n) is 4.10. The van der Waals surface area contributed by atoms with Crippen LogP contribution in [0.5, 0.6) is 0 Å². The van der Waals surface area contributed by atoms with Crippen molar-refractivity contribution in [1.82, 2.24) is 9.80 Å². The minimum absolute atomic E-state index is 0.0363. The summed E-state index contributed by atoms with van der Waals surface area (Å²) >= 11 is 0. The van der Waals surface area contributed by atoms with E-state index in [2.05, 4.69) is 11.9 Å². The van der Waals surface area contributed by atoms with Gasteiger partial charge in [0, 0.05) is 33.3 Å². The second kappa shape index (κ2) is 6.68. The smallest absolute Gasteiger partial charge is 0.241 e. The van der Waals surface area contributed by atoms with Gasteiger partial charge in [-0.15, -0.1) is 0 Å². The molecular weight excluding hydrogens is 242 g/mol. The Kier molecular flexibility index (Phi) is 5.19. The molecule has 1 aliphatic heterocycles. The van der Waals surface area contributed by atoms with Crippen LogP contribution in [0.4, 0.5) is 0 Å². The number of ether oxygens (including phenoxy) is 1. The van der Waals surface area contributed by atoms with Gasteiger partial charge in [-0.3, -0.25) is 4.79 Å². The largest absolute Gasteiger partial charge is 0.383 e. The Morgan fingerprint density at radius 3 is 2.68 bits per heavy atom. The molecule has 2 atom stereocenters. The van der Waals surface area contributed by atoms with Gasteiger partial charge in [-0.1, -0.05) is 0 Å². The standard InChI is InChI=1S/C14H27N3O2/c1-16(7-11-3-4-11)8-12-5-6-17(9-12)14(18)13(15)10-19-2/h11-13H,3-10,15H2,1-2H3. The van der Waals surface area contributed by atoms with Crippen molar-refractivity contribution < 1.29 is 9.53 Å². The maximum atomic E-state index is 12.1. The summed E-state index contributed by atoms with van der Waals surface area (Å²) in [6.45, 7) is 4.32. The molecule has 1 amide bonds. The second-order valence-corrected chi connectivity index (χ2v) is 6.17. The molecule has 0 radical (unpaired) electrons. The van der Waals surface area contributed by atoms with Crippen molar-refractivity contribution in [3.05, 3.63) is 0 Å². The first-order valence-electron chi connectivity index (χ1n) is 7.32. The van der Waals surface area contributed by atoms with Crippen molar-refractivity contribution >= 4 is 5.91 Å². The van der Waals surface area contributed by atoms with Gasteiger partial charge in [-0.2, -0.15) is 0 Å². The summed E-state index contributed by atoms with van der Waals surface area (Å²) in [6, 6.07) is -0.507. The lowest BCUT2D eigenvalue weighted by atomic mass is 10.1. The molecule has 0 aromatic carbocycles. The molecule has 19 heavy (non-hydrogen) atoms. The van der Waals surface area contributed by atoms with E-state index >= 15 is 0 Å². The predicted octanol–water partition coefficient (Wildman–Crippen LogP) is 0.150. The number of hydrogen-bond donors (Lipinski definition) is 1. The highest BCUT2D eigenvalue weighted by molar-refractivity contribution is 5.82. The van der Waals surface area contributed by atoms with Crippen molar-refractivity contribution in [3.63, 3.8) is 0 Å². The lowest BCUT2D eigenvalue weighted by Crippen LogP contribution is -2.45. The minimum Gasteiger partial charge on any atom is -0.383 e. The summed E-state index contributed by atoms with van der Waals surface area (Å²) in [4.78, 5) is 16.4. The molecule has 0 aromatic rings. The Morgan fingerprint density at radius 1 is 1.37 bits per heavy atom. The Hall–Kier alpha value is -0.650. The van der Waals surface area contributed by atoms with Gasteiger partial charge in [0.15, 0.2) is 0 Å². The van der Waals surface area contributed by atoms with E-state index in [4.69, 9.17) is 10.5 Å². The van der Waals surface area contributed by atoms with Crippen molar-refractivity contribution in [3.8, 4) is 0 Å². The molecule has 2 fully saturated rings. The molecule has 2 N–H and O–H groups in total. The zero-order valence-electron chi connectivity index (χ0n) is 12.2. The fourth-order valence-electron chi connectivity index (χ4n) is 2.92. The third kappa shape index (κ3) is 4.44. The van der Waals surface area contributed by atoms with Gasteiger partial charge >= 0.3 is 0 Å². The van der Waals surface area contributed by atoms with Crippen molar-refractivity contribution in [1.29, 1.82) is 0 Å². The van der Waals surface area contributed by atoms with Crippen LogP contribution in [0, 0.1) is 11.8 Å². The normalized spacial score (nSPS) is 25.1. The molecule has 0 bridgehead atoms. The van der Waals surface area contributed by atoms with Crippen molar-refractivity contribution in [2.24, 2.45) is 17.6 Å². The number of likely N-dealkylation sites (tertiary alicyclic amines) is 1. The van der Waals surface area contributed by atoms with Crippen LogP contribution in [-0.2, 0) is 9.53 Å². The van der Waals surface area contributed by atoms with Gasteiger partial charge in [-0.25, -0.2) is 0 Å². The van der Waals surface area contributed by atoms with Crippen LogP contribution < -0.4 is 5.73 Å². The van der Waals surface area contributed by atoms with E-state index in [-0.39, 0.29) is 5.91 Å². The molecule has 5 heteroatoms. The first-order valence-corrected chi connectivity index (χ1v) is 7.32. The van der Waals surface area contributed by atoms with E-state index in [1.54, 1.807) is 7.11 Å². The van der Waals surface area contributed by atoms with Crippen LogP contribution in [0.15, 0.2) is 0 Å². The van der Waals surface area contributed by atoms with E-state index in [9.17, 15) is 4.79 Å². The maximum absolute atomic E-state index is 12.1. The minimum atomic E-state index is -0.507. The molecule has 2 rings (SSSR count). The Morgan fingerprint density at radius 2 is 2.05 bits per heavy atom. The monoisotopic (exact) mass is 269 g/mol. The summed E-state index contributed by atoms with van der Waals surface area (Å²) in [5, 5.41) is 0. The van der Waals surface area contributed by atoms with Crippen molar-refractivity contribution in [2.75, 3.05) is 46.9 Å². The molecular formula is C14H27N3O2. The number of carbonyl (C=O) groups excluding carboxylic acids is 1. The highest BCUT2D eigenvalue weighted by Crippen LogP contribution is 2.30. The average Bonchev–Trinajstić information content (AvgIpc) is 3.05. The fourth-order valence-corrected chi connectivity index (χ4v) is 2.92. The predicted molar refractivity (Wildman–Crippen MR) is 74.8 cm³/mol. The topological polar surface area (TPSA) is 58.8 Å². The van der Waals surface area contributed by atoms with Crippen LogP contribution in [-0.4, -0.2) is 68.7 Å². The highest BCUT2D eigenvalue weighted by atomic mass is 16.5. The molecule has 110 valence electrons. The molecule has 1 aliphatic carbocycles. The van der Waals surface area contributed by atoms with E-state index < -0.39 is 6.04 Å². The molecule has 1 heterocycles. The van der Waals surface area contributed by atoms with E-state index in [0.717, 1.165) is 32.0 Å². The summed E-state index contributed by atoms with van der Waals surface area (Å²) in [6.07, 6.45) is 3.89. The first kappa shape index (κ1) is 14.8.